The molecule has 2 aromatic rings. The Labute approximate surface area is 165 Å². The zero-order valence-corrected chi connectivity index (χ0v) is 17.2. The number of hydrogen-bond donors (Lipinski definition) is 2. The second-order valence-corrected chi connectivity index (χ2v) is 7.25. The molecular formula is C17H14Br3N3O. The van der Waals surface area contributed by atoms with E-state index in [9.17, 15) is 4.79 Å². The Morgan fingerprint density at radius 1 is 1.04 bits per heavy atom. The molecule has 0 aromatic heterocycles. The summed E-state index contributed by atoms with van der Waals surface area (Å²) in [5, 5.41) is 6.92. The maximum Gasteiger partial charge on any atom is 0.259 e. The van der Waals surface area contributed by atoms with Crippen LogP contribution in [0.1, 0.15) is 5.56 Å². The number of carbonyl (C=O) groups is 1. The highest BCUT2D eigenvalue weighted by atomic mass is 79.9. The fourth-order valence-electron chi connectivity index (χ4n) is 1.74. The summed E-state index contributed by atoms with van der Waals surface area (Å²) in [7, 11) is 0. The summed E-state index contributed by atoms with van der Waals surface area (Å²) in [6.45, 7) is 0.117. The average molecular weight is 516 g/mol. The van der Waals surface area contributed by atoms with Gasteiger partial charge in [0.25, 0.3) is 5.91 Å². The molecule has 0 aliphatic heterocycles. The van der Waals surface area contributed by atoms with E-state index < -0.39 is 0 Å². The molecule has 2 rings (SSSR count). The van der Waals surface area contributed by atoms with Crippen LogP contribution in [0.4, 0.5) is 5.69 Å². The number of nitrogens with one attached hydrogen (secondary N) is 2. The van der Waals surface area contributed by atoms with Crippen molar-refractivity contribution in [2.45, 2.75) is 0 Å². The Kier molecular flexibility index (Phi) is 7.68. The summed E-state index contributed by atoms with van der Waals surface area (Å²) in [4.78, 5) is 11.8. The minimum atomic E-state index is -0.231. The van der Waals surface area contributed by atoms with Crippen LogP contribution < -0.4 is 10.7 Å². The van der Waals surface area contributed by atoms with Crippen molar-refractivity contribution >= 4 is 71.7 Å². The zero-order chi connectivity index (χ0) is 17.4. The molecular weight excluding hydrogens is 502 g/mol. The van der Waals surface area contributed by atoms with E-state index in [1.54, 1.807) is 6.08 Å². The minimum absolute atomic E-state index is 0.117. The lowest BCUT2D eigenvalue weighted by atomic mass is 10.2. The highest BCUT2D eigenvalue weighted by molar-refractivity contribution is 9.13. The summed E-state index contributed by atoms with van der Waals surface area (Å²) < 4.78 is 2.69. The first-order chi connectivity index (χ1) is 11.6. The van der Waals surface area contributed by atoms with Gasteiger partial charge in [0, 0.05) is 19.6 Å². The first-order valence-corrected chi connectivity index (χ1v) is 9.36. The van der Waals surface area contributed by atoms with E-state index in [0.29, 0.717) is 0 Å². The summed E-state index contributed by atoms with van der Waals surface area (Å²) in [6, 6.07) is 13.6. The predicted molar refractivity (Wildman–Crippen MR) is 110 cm³/mol. The van der Waals surface area contributed by atoms with Gasteiger partial charge in [-0.15, -0.1) is 0 Å². The van der Waals surface area contributed by atoms with Gasteiger partial charge in [0.05, 0.1) is 12.2 Å². The number of amides is 1. The maximum atomic E-state index is 11.8. The van der Waals surface area contributed by atoms with E-state index >= 15 is 0 Å². The molecule has 2 aromatic carbocycles. The van der Waals surface area contributed by atoms with Crippen molar-refractivity contribution in [1.29, 1.82) is 0 Å². The first kappa shape index (κ1) is 18.9. The van der Waals surface area contributed by atoms with Gasteiger partial charge in [-0.05, 0) is 71.6 Å². The van der Waals surface area contributed by atoms with E-state index in [4.69, 9.17) is 0 Å². The van der Waals surface area contributed by atoms with Crippen LogP contribution in [0.2, 0.25) is 0 Å². The summed E-state index contributed by atoms with van der Waals surface area (Å²) in [5.74, 6) is -0.231. The molecule has 2 N–H and O–H groups in total. The van der Waals surface area contributed by atoms with E-state index in [1.165, 1.54) is 6.21 Å². The predicted octanol–water partition coefficient (Wildman–Crippen LogP) is 5.20. The van der Waals surface area contributed by atoms with Crippen LogP contribution in [0.3, 0.4) is 0 Å². The molecule has 0 aliphatic rings. The monoisotopic (exact) mass is 513 g/mol. The highest BCUT2D eigenvalue weighted by Crippen LogP contribution is 2.32. The molecule has 1 amide bonds. The molecule has 0 radical (unpaired) electrons. The Morgan fingerprint density at radius 3 is 2.50 bits per heavy atom. The lowest BCUT2D eigenvalue weighted by Gasteiger charge is -2.09. The van der Waals surface area contributed by atoms with E-state index in [1.807, 2.05) is 48.5 Å². The van der Waals surface area contributed by atoms with Gasteiger partial charge in [-0.3, -0.25) is 4.79 Å². The van der Waals surface area contributed by atoms with Gasteiger partial charge in [0.15, 0.2) is 0 Å². The largest absolute Gasteiger partial charge is 0.375 e. The molecule has 0 aliphatic carbocycles. The lowest BCUT2D eigenvalue weighted by molar-refractivity contribution is -0.119. The zero-order valence-electron chi connectivity index (χ0n) is 12.5. The average Bonchev–Trinajstić information content (AvgIpc) is 2.57. The molecule has 0 unspecified atom stereocenters. The highest BCUT2D eigenvalue weighted by Gasteiger charge is 2.06. The molecule has 7 heteroatoms. The standard InChI is InChI=1S/C17H14Br3N3O/c18-13-9-15(20)16(10-14(13)19)21-11-17(24)23-22-8-4-7-12-5-2-1-3-6-12/h1-10,21H,11H2,(H,23,24)/b7-4+,22-8+. The van der Waals surface area contributed by atoms with Crippen molar-refractivity contribution in [3.63, 3.8) is 0 Å². The molecule has 0 saturated heterocycles. The second kappa shape index (κ2) is 9.76. The summed E-state index contributed by atoms with van der Waals surface area (Å²) in [6.07, 6.45) is 5.22. The number of halogens is 3. The van der Waals surface area contributed by atoms with Crippen LogP contribution in [0.15, 0.2) is 67.1 Å². The molecule has 0 fully saturated rings. The summed E-state index contributed by atoms with van der Waals surface area (Å²) >= 11 is 10.3. The molecule has 0 atom stereocenters. The van der Waals surface area contributed by atoms with Crippen LogP contribution in [0.25, 0.3) is 6.08 Å². The van der Waals surface area contributed by atoms with Crippen LogP contribution in [-0.4, -0.2) is 18.7 Å². The quantitative estimate of drug-likeness (QED) is 0.315. The lowest BCUT2D eigenvalue weighted by Crippen LogP contribution is -2.25. The fourth-order valence-corrected chi connectivity index (χ4v) is 3.22. The number of nitrogens with zero attached hydrogens (tertiary/aromatic N) is 1. The van der Waals surface area contributed by atoms with E-state index in [0.717, 1.165) is 24.7 Å². The molecule has 0 spiro atoms. The maximum absolute atomic E-state index is 11.8. The number of hydrogen-bond acceptors (Lipinski definition) is 3. The first-order valence-electron chi connectivity index (χ1n) is 6.98. The molecule has 0 heterocycles. The number of allylic oxidation sites excluding steroid dienone is 1. The molecule has 24 heavy (non-hydrogen) atoms. The summed E-state index contributed by atoms with van der Waals surface area (Å²) in [5.41, 5.74) is 4.35. The molecule has 0 bridgehead atoms. The second-order valence-electron chi connectivity index (χ2n) is 4.68. The smallest absolute Gasteiger partial charge is 0.259 e. The number of benzene rings is 2. The van der Waals surface area contributed by atoms with Crippen molar-refractivity contribution in [2.24, 2.45) is 5.10 Å². The number of anilines is 1. The number of hydrazone groups is 1. The topological polar surface area (TPSA) is 53.5 Å². The van der Waals surface area contributed by atoms with Crippen molar-refractivity contribution in [3.05, 3.63) is 67.5 Å². The van der Waals surface area contributed by atoms with E-state index in [-0.39, 0.29) is 12.5 Å². The Bertz CT molecular complexity index is 761. The third-order valence-corrected chi connectivity index (χ3v) is 5.39. The third kappa shape index (κ3) is 6.22. The van der Waals surface area contributed by atoms with Crippen LogP contribution in [0.5, 0.6) is 0 Å². The minimum Gasteiger partial charge on any atom is -0.375 e. The SMILES string of the molecule is O=C(CNc1cc(Br)c(Br)cc1Br)N/N=C/C=C/c1ccccc1. The van der Waals surface area contributed by atoms with Gasteiger partial charge in [-0.2, -0.15) is 5.10 Å². The van der Waals surface area contributed by atoms with Crippen molar-refractivity contribution in [1.82, 2.24) is 5.43 Å². The van der Waals surface area contributed by atoms with Gasteiger partial charge < -0.3 is 5.32 Å². The molecule has 4 nitrogen and oxygen atoms in total. The van der Waals surface area contributed by atoms with Gasteiger partial charge in [0.2, 0.25) is 0 Å². The normalized spacial score (nSPS) is 11.1. The molecule has 124 valence electrons. The fraction of sp³-hybridized carbons (Fsp3) is 0.0588. The third-order valence-electron chi connectivity index (χ3n) is 2.89. The van der Waals surface area contributed by atoms with Gasteiger partial charge in [0.1, 0.15) is 0 Å². The van der Waals surface area contributed by atoms with Crippen LogP contribution in [-0.2, 0) is 4.79 Å². The van der Waals surface area contributed by atoms with Crippen molar-refractivity contribution < 1.29 is 4.79 Å². The Hall–Kier alpha value is -1.44. The van der Waals surface area contributed by atoms with Crippen molar-refractivity contribution in [3.8, 4) is 0 Å². The van der Waals surface area contributed by atoms with Gasteiger partial charge >= 0.3 is 0 Å². The Morgan fingerprint density at radius 2 is 1.75 bits per heavy atom. The number of rotatable bonds is 6. The van der Waals surface area contributed by atoms with Crippen molar-refractivity contribution in [2.75, 3.05) is 11.9 Å². The van der Waals surface area contributed by atoms with E-state index in [2.05, 4.69) is 63.6 Å². The van der Waals surface area contributed by atoms with Gasteiger partial charge in [-0.1, -0.05) is 36.4 Å². The van der Waals surface area contributed by atoms with Gasteiger partial charge in [-0.25, -0.2) is 5.43 Å². The Balaban J connectivity index is 1.78. The number of carbonyl (C=O) groups excluding carboxylic acids is 1. The van der Waals surface area contributed by atoms with Crippen LogP contribution in [0, 0.1) is 0 Å². The molecule has 0 saturated carbocycles. The van der Waals surface area contributed by atoms with Crippen LogP contribution >= 0.6 is 47.8 Å².